The van der Waals surface area contributed by atoms with Crippen LogP contribution in [0.5, 0.6) is 0 Å². The summed E-state index contributed by atoms with van der Waals surface area (Å²) < 4.78 is 13.1. The van der Waals surface area contributed by atoms with Crippen molar-refractivity contribution in [2.45, 2.75) is 38.1 Å². The van der Waals surface area contributed by atoms with E-state index in [1.807, 2.05) is 6.92 Å². The summed E-state index contributed by atoms with van der Waals surface area (Å²) in [4.78, 5) is 19.8. The summed E-state index contributed by atoms with van der Waals surface area (Å²) in [7, 11) is 0. The molecule has 0 amide bonds. The van der Waals surface area contributed by atoms with Crippen LogP contribution in [0.1, 0.15) is 47.8 Å². The highest BCUT2D eigenvalue weighted by Gasteiger charge is 2.32. The smallest absolute Gasteiger partial charge is 0.220 e. The minimum atomic E-state index is -0.477. The molecule has 5 nitrogen and oxygen atoms in total. The van der Waals surface area contributed by atoms with Gasteiger partial charge in [0.15, 0.2) is 0 Å². The number of nitrogen functional groups attached to an aromatic ring is 1. The van der Waals surface area contributed by atoms with E-state index in [0.717, 1.165) is 22.5 Å². The second-order valence-electron chi connectivity index (χ2n) is 5.55. The average molecular weight is 300 g/mol. The molecule has 0 spiro atoms. The third-order valence-corrected chi connectivity index (χ3v) is 4.21. The fourth-order valence-electron chi connectivity index (χ4n) is 3.19. The van der Waals surface area contributed by atoms with Gasteiger partial charge in [-0.3, -0.25) is 0 Å². The molecule has 1 aromatic carbocycles. The Balaban J connectivity index is 2.03. The number of hydrogen-bond acceptors (Lipinski definition) is 5. The normalized spacial score (nSPS) is 20.5. The molecular weight excluding hydrogens is 283 g/mol. The zero-order chi connectivity index (χ0) is 15.7. The Kier molecular flexibility index (Phi) is 3.83. The number of benzene rings is 1. The van der Waals surface area contributed by atoms with Gasteiger partial charge in [0.2, 0.25) is 5.95 Å². The van der Waals surface area contributed by atoms with Crippen molar-refractivity contribution in [1.29, 1.82) is 0 Å². The molecule has 0 saturated carbocycles. The van der Waals surface area contributed by atoms with Gasteiger partial charge >= 0.3 is 0 Å². The van der Waals surface area contributed by atoms with Gasteiger partial charge in [-0.15, -0.1) is 0 Å². The van der Waals surface area contributed by atoms with Crippen molar-refractivity contribution in [3.8, 4) is 0 Å². The molecule has 1 aromatic heterocycles. The molecule has 0 aliphatic heterocycles. The molecule has 1 heterocycles. The van der Waals surface area contributed by atoms with Gasteiger partial charge in [0.25, 0.3) is 0 Å². The van der Waals surface area contributed by atoms with Crippen molar-refractivity contribution >= 4 is 5.95 Å². The molecule has 6 heteroatoms. The SMILES string of the molecule is CCc1nc(N)nc2c1C(N=O)CC(c1ccc(F)cc1)C2. The maximum absolute atomic E-state index is 13.1. The van der Waals surface area contributed by atoms with Gasteiger partial charge in [-0.25, -0.2) is 14.4 Å². The maximum atomic E-state index is 13.1. The zero-order valence-corrected chi connectivity index (χ0v) is 12.3. The molecule has 0 fully saturated rings. The Morgan fingerprint density at radius 3 is 2.68 bits per heavy atom. The summed E-state index contributed by atoms with van der Waals surface area (Å²) >= 11 is 0. The first kappa shape index (κ1) is 14.6. The standard InChI is InChI=1S/C16H17FN4O/c1-2-12-15-13(20-16(18)19-12)7-10(8-14(15)21-22)9-3-5-11(17)6-4-9/h3-6,10,14H,2,7-8H2,1H3,(H2,18,19,20). The highest BCUT2D eigenvalue weighted by molar-refractivity contribution is 5.39. The predicted octanol–water partition coefficient (Wildman–Crippen LogP) is 3.30. The molecule has 0 saturated heterocycles. The van der Waals surface area contributed by atoms with Gasteiger partial charge in [0, 0.05) is 5.56 Å². The first-order valence-electron chi connectivity index (χ1n) is 7.35. The Morgan fingerprint density at radius 1 is 1.32 bits per heavy atom. The van der Waals surface area contributed by atoms with Gasteiger partial charge in [-0.05, 0) is 42.9 Å². The highest BCUT2D eigenvalue weighted by Crippen LogP contribution is 2.41. The number of aryl methyl sites for hydroxylation is 1. The average Bonchev–Trinajstić information content (AvgIpc) is 2.53. The lowest BCUT2D eigenvalue weighted by molar-refractivity contribution is 0.487. The molecule has 2 unspecified atom stereocenters. The van der Waals surface area contributed by atoms with E-state index in [1.54, 1.807) is 12.1 Å². The minimum absolute atomic E-state index is 0.0785. The van der Waals surface area contributed by atoms with E-state index in [2.05, 4.69) is 15.1 Å². The van der Waals surface area contributed by atoms with Gasteiger partial charge in [0.1, 0.15) is 11.9 Å². The lowest BCUT2D eigenvalue weighted by atomic mass is 9.79. The van der Waals surface area contributed by atoms with Crippen LogP contribution in [0.3, 0.4) is 0 Å². The molecule has 22 heavy (non-hydrogen) atoms. The number of aromatic nitrogens is 2. The summed E-state index contributed by atoms with van der Waals surface area (Å²) in [6.45, 7) is 1.97. The third-order valence-electron chi connectivity index (χ3n) is 4.21. The van der Waals surface area contributed by atoms with Crippen molar-refractivity contribution in [3.63, 3.8) is 0 Å². The molecule has 0 bridgehead atoms. The number of nitrogens with two attached hydrogens (primary N) is 1. The van der Waals surface area contributed by atoms with Crippen molar-refractivity contribution in [3.05, 3.63) is 57.5 Å². The number of nitrogens with zero attached hydrogens (tertiary/aromatic N) is 3. The lowest BCUT2D eigenvalue weighted by Crippen LogP contribution is -2.21. The second-order valence-corrected chi connectivity index (χ2v) is 5.55. The Bertz CT molecular complexity index is 702. The fourth-order valence-corrected chi connectivity index (χ4v) is 3.19. The fraction of sp³-hybridized carbons (Fsp3) is 0.375. The summed E-state index contributed by atoms with van der Waals surface area (Å²) in [6.07, 6.45) is 1.93. The molecular formula is C16H17FN4O. The van der Waals surface area contributed by atoms with Gasteiger partial charge in [0.05, 0.1) is 11.4 Å². The highest BCUT2D eigenvalue weighted by atomic mass is 19.1. The van der Waals surface area contributed by atoms with Crippen molar-refractivity contribution in [2.75, 3.05) is 5.73 Å². The van der Waals surface area contributed by atoms with Crippen LogP contribution in [-0.2, 0) is 12.8 Å². The van der Waals surface area contributed by atoms with E-state index in [0.29, 0.717) is 19.3 Å². The van der Waals surface area contributed by atoms with Crippen LogP contribution in [0.2, 0.25) is 0 Å². The molecule has 2 N–H and O–H groups in total. The lowest BCUT2D eigenvalue weighted by Gasteiger charge is -2.28. The topological polar surface area (TPSA) is 81.2 Å². The van der Waals surface area contributed by atoms with Crippen LogP contribution in [0.25, 0.3) is 0 Å². The van der Waals surface area contributed by atoms with Crippen LogP contribution in [-0.4, -0.2) is 9.97 Å². The van der Waals surface area contributed by atoms with E-state index in [4.69, 9.17) is 5.73 Å². The van der Waals surface area contributed by atoms with Crippen molar-refractivity contribution < 1.29 is 4.39 Å². The molecule has 1 aliphatic carbocycles. The summed E-state index contributed by atoms with van der Waals surface area (Å²) in [5.74, 6) is 0.0275. The summed E-state index contributed by atoms with van der Waals surface area (Å²) in [6, 6.07) is 5.88. The molecule has 114 valence electrons. The summed E-state index contributed by atoms with van der Waals surface area (Å²) in [5, 5.41) is 3.28. The minimum Gasteiger partial charge on any atom is -0.368 e. The third kappa shape index (κ3) is 2.56. The predicted molar refractivity (Wildman–Crippen MR) is 81.8 cm³/mol. The van der Waals surface area contributed by atoms with Crippen LogP contribution < -0.4 is 5.73 Å². The number of nitroso groups, excluding NO2 is 1. The zero-order valence-electron chi connectivity index (χ0n) is 12.3. The van der Waals surface area contributed by atoms with Gasteiger partial charge in [-0.1, -0.05) is 24.2 Å². The van der Waals surface area contributed by atoms with E-state index >= 15 is 0 Å². The quantitative estimate of drug-likeness (QED) is 0.882. The molecule has 1 aliphatic rings. The number of fused-ring (bicyclic) bond motifs is 1. The van der Waals surface area contributed by atoms with E-state index in [1.165, 1.54) is 12.1 Å². The van der Waals surface area contributed by atoms with Crippen LogP contribution >= 0.6 is 0 Å². The first-order chi connectivity index (χ1) is 10.6. The maximum Gasteiger partial charge on any atom is 0.220 e. The largest absolute Gasteiger partial charge is 0.368 e. The monoisotopic (exact) mass is 300 g/mol. The Labute approximate surface area is 127 Å². The van der Waals surface area contributed by atoms with Crippen molar-refractivity contribution in [2.24, 2.45) is 5.18 Å². The summed E-state index contributed by atoms with van der Waals surface area (Å²) in [5.41, 5.74) is 9.16. The van der Waals surface area contributed by atoms with E-state index in [-0.39, 0.29) is 17.7 Å². The number of anilines is 1. The Hall–Kier alpha value is -2.37. The number of rotatable bonds is 3. The molecule has 2 atom stereocenters. The van der Waals surface area contributed by atoms with Crippen LogP contribution in [0.15, 0.2) is 29.4 Å². The van der Waals surface area contributed by atoms with Gasteiger partial charge < -0.3 is 5.73 Å². The van der Waals surface area contributed by atoms with Crippen LogP contribution in [0.4, 0.5) is 10.3 Å². The first-order valence-corrected chi connectivity index (χ1v) is 7.35. The van der Waals surface area contributed by atoms with Crippen LogP contribution in [0, 0.1) is 10.7 Å². The number of halogens is 1. The van der Waals surface area contributed by atoms with E-state index in [9.17, 15) is 9.30 Å². The molecule has 2 aromatic rings. The second kappa shape index (κ2) is 5.79. The van der Waals surface area contributed by atoms with Crippen molar-refractivity contribution in [1.82, 2.24) is 9.97 Å². The van der Waals surface area contributed by atoms with E-state index < -0.39 is 6.04 Å². The van der Waals surface area contributed by atoms with Gasteiger partial charge in [-0.2, -0.15) is 4.91 Å². The molecule has 3 rings (SSSR count). The molecule has 0 radical (unpaired) electrons. The Morgan fingerprint density at radius 2 is 2.05 bits per heavy atom. The number of hydrogen-bond donors (Lipinski definition) is 1.